The molecule has 2 nitrogen and oxygen atoms in total. The highest BCUT2D eigenvalue weighted by Gasteiger charge is 2.19. The SMILES string of the molecule is O=C1NCCCc2ccc(C(Br)c3ccccc3F)cc21. The topological polar surface area (TPSA) is 29.1 Å². The molecular weight excluding hydrogens is 333 g/mol. The summed E-state index contributed by atoms with van der Waals surface area (Å²) in [4.78, 5) is 11.8. The second kappa shape index (κ2) is 5.98. The summed E-state index contributed by atoms with van der Waals surface area (Å²) in [7, 11) is 0. The first-order chi connectivity index (χ1) is 10.2. The van der Waals surface area contributed by atoms with Crippen molar-refractivity contribution in [3.05, 3.63) is 70.5 Å². The van der Waals surface area contributed by atoms with Crippen LogP contribution in [0.15, 0.2) is 42.5 Å². The summed E-state index contributed by atoms with van der Waals surface area (Å²) in [6.45, 7) is 0.702. The quantitative estimate of drug-likeness (QED) is 0.817. The number of benzene rings is 2. The number of hydrogen-bond acceptors (Lipinski definition) is 1. The Morgan fingerprint density at radius 1 is 1.19 bits per heavy atom. The Morgan fingerprint density at radius 3 is 2.81 bits per heavy atom. The summed E-state index contributed by atoms with van der Waals surface area (Å²) in [5.41, 5.74) is 3.22. The Hall–Kier alpha value is -1.68. The molecule has 0 saturated heterocycles. The molecule has 2 aromatic carbocycles. The van der Waals surface area contributed by atoms with Gasteiger partial charge in [-0.2, -0.15) is 0 Å². The van der Waals surface area contributed by atoms with E-state index in [0.717, 1.165) is 24.0 Å². The minimum Gasteiger partial charge on any atom is -0.352 e. The molecule has 1 N–H and O–H groups in total. The summed E-state index contributed by atoms with van der Waals surface area (Å²) in [6.07, 6.45) is 1.84. The number of hydrogen-bond donors (Lipinski definition) is 1. The summed E-state index contributed by atoms with van der Waals surface area (Å²) in [5, 5.41) is 2.89. The molecule has 0 radical (unpaired) electrons. The predicted octanol–water partition coefficient (Wildman–Crippen LogP) is 3.99. The number of rotatable bonds is 2. The van der Waals surface area contributed by atoms with Crippen molar-refractivity contribution in [3.8, 4) is 0 Å². The fourth-order valence-corrected chi connectivity index (χ4v) is 3.27. The molecule has 2 aromatic rings. The van der Waals surface area contributed by atoms with E-state index in [1.54, 1.807) is 12.1 Å². The second-order valence-electron chi connectivity index (χ2n) is 5.16. The summed E-state index contributed by atoms with van der Waals surface area (Å²) in [6, 6.07) is 12.5. The number of halogens is 2. The van der Waals surface area contributed by atoms with Crippen molar-refractivity contribution >= 4 is 21.8 Å². The Kier molecular flexibility index (Phi) is 4.06. The number of carbonyl (C=O) groups excluding carboxylic acids is 1. The van der Waals surface area contributed by atoms with Gasteiger partial charge in [-0.15, -0.1) is 0 Å². The first kappa shape index (κ1) is 14.3. The first-order valence-electron chi connectivity index (χ1n) is 6.96. The lowest BCUT2D eigenvalue weighted by molar-refractivity contribution is 0.0956. The van der Waals surface area contributed by atoms with Gasteiger partial charge < -0.3 is 5.32 Å². The van der Waals surface area contributed by atoms with Crippen LogP contribution in [0, 0.1) is 5.82 Å². The maximum absolute atomic E-state index is 13.9. The molecule has 0 saturated carbocycles. The molecule has 4 heteroatoms. The van der Waals surface area contributed by atoms with Crippen LogP contribution >= 0.6 is 15.9 Å². The second-order valence-corrected chi connectivity index (χ2v) is 6.08. The zero-order chi connectivity index (χ0) is 14.8. The maximum Gasteiger partial charge on any atom is 0.251 e. The highest BCUT2D eigenvalue weighted by molar-refractivity contribution is 9.09. The third kappa shape index (κ3) is 2.86. The summed E-state index contributed by atoms with van der Waals surface area (Å²) >= 11 is 3.54. The smallest absolute Gasteiger partial charge is 0.251 e. The first-order valence-corrected chi connectivity index (χ1v) is 7.88. The zero-order valence-corrected chi connectivity index (χ0v) is 13.0. The van der Waals surface area contributed by atoms with Crippen LogP contribution in [0.2, 0.25) is 0 Å². The van der Waals surface area contributed by atoms with E-state index in [1.807, 2.05) is 24.3 Å². The number of fused-ring (bicyclic) bond motifs is 1. The van der Waals surface area contributed by atoms with E-state index in [9.17, 15) is 9.18 Å². The van der Waals surface area contributed by atoms with E-state index >= 15 is 0 Å². The standard InChI is InChI=1S/C17H15BrFNO/c18-16(13-5-1-2-6-15(13)19)12-8-7-11-4-3-9-20-17(21)14(11)10-12/h1-2,5-8,10,16H,3-4,9H2,(H,20,21). The molecule has 0 aromatic heterocycles. The van der Waals surface area contributed by atoms with E-state index in [1.165, 1.54) is 6.07 Å². The van der Waals surface area contributed by atoms with Gasteiger partial charge in [-0.05, 0) is 36.1 Å². The average Bonchev–Trinajstić information content (AvgIpc) is 2.69. The van der Waals surface area contributed by atoms with Crippen LogP contribution in [0.25, 0.3) is 0 Å². The fraction of sp³-hybridized carbons (Fsp3) is 0.235. The summed E-state index contributed by atoms with van der Waals surface area (Å²) in [5.74, 6) is -0.295. The van der Waals surface area contributed by atoms with Crippen molar-refractivity contribution in [1.82, 2.24) is 5.32 Å². The molecular formula is C17H15BrFNO. The lowest BCUT2D eigenvalue weighted by Gasteiger charge is -2.14. The normalized spacial score (nSPS) is 15.8. The van der Waals surface area contributed by atoms with E-state index in [0.29, 0.717) is 17.7 Å². The van der Waals surface area contributed by atoms with E-state index < -0.39 is 0 Å². The van der Waals surface area contributed by atoms with Crippen molar-refractivity contribution < 1.29 is 9.18 Å². The molecule has 0 fully saturated rings. The van der Waals surface area contributed by atoms with Gasteiger partial charge in [0.25, 0.3) is 5.91 Å². The molecule has 1 amide bonds. The average molecular weight is 348 g/mol. The lowest BCUT2D eigenvalue weighted by atomic mass is 9.97. The highest BCUT2D eigenvalue weighted by Crippen LogP contribution is 2.33. The van der Waals surface area contributed by atoms with E-state index in [4.69, 9.17) is 0 Å². The van der Waals surface area contributed by atoms with Crippen molar-refractivity contribution in [2.75, 3.05) is 6.54 Å². The van der Waals surface area contributed by atoms with Gasteiger partial charge >= 0.3 is 0 Å². The van der Waals surface area contributed by atoms with Crippen LogP contribution < -0.4 is 5.32 Å². The fourth-order valence-electron chi connectivity index (χ4n) is 2.62. The Bertz CT molecular complexity index is 686. The van der Waals surface area contributed by atoms with Crippen molar-refractivity contribution in [2.24, 2.45) is 0 Å². The molecule has 1 aliphatic heterocycles. The van der Waals surface area contributed by atoms with Gasteiger partial charge in [0.2, 0.25) is 0 Å². The van der Waals surface area contributed by atoms with Crippen LogP contribution in [0.1, 0.15) is 38.3 Å². The molecule has 108 valence electrons. The maximum atomic E-state index is 13.9. The van der Waals surface area contributed by atoms with E-state index in [-0.39, 0.29) is 16.6 Å². The number of carbonyl (C=O) groups is 1. The predicted molar refractivity (Wildman–Crippen MR) is 84.3 cm³/mol. The third-order valence-corrected chi connectivity index (χ3v) is 4.78. The Balaban J connectivity index is 2.00. The van der Waals surface area contributed by atoms with Gasteiger partial charge in [0.15, 0.2) is 0 Å². The number of alkyl halides is 1. The summed E-state index contributed by atoms with van der Waals surface area (Å²) < 4.78 is 13.9. The minimum atomic E-state index is -0.264. The van der Waals surface area contributed by atoms with Crippen LogP contribution in [-0.4, -0.2) is 12.5 Å². The van der Waals surface area contributed by atoms with Gasteiger partial charge in [0.1, 0.15) is 5.82 Å². The van der Waals surface area contributed by atoms with Gasteiger partial charge in [0, 0.05) is 17.7 Å². The number of aryl methyl sites for hydroxylation is 1. The van der Waals surface area contributed by atoms with Crippen molar-refractivity contribution in [2.45, 2.75) is 17.7 Å². The van der Waals surface area contributed by atoms with Gasteiger partial charge in [-0.3, -0.25) is 4.79 Å². The number of amides is 1. The van der Waals surface area contributed by atoms with Crippen LogP contribution in [0.4, 0.5) is 4.39 Å². The molecule has 1 aliphatic rings. The molecule has 1 atom stereocenters. The molecule has 1 heterocycles. The monoisotopic (exact) mass is 347 g/mol. The molecule has 1 unspecified atom stereocenters. The van der Waals surface area contributed by atoms with Gasteiger partial charge in [0.05, 0.1) is 4.83 Å². The molecule has 0 bridgehead atoms. The van der Waals surface area contributed by atoms with Crippen molar-refractivity contribution in [3.63, 3.8) is 0 Å². The van der Waals surface area contributed by atoms with Crippen LogP contribution in [0.5, 0.6) is 0 Å². The van der Waals surface area contributed by atoms with Crippen LogP contribution in [-0.2, 0) is 6.42 Å². The van der Waals surface area contributed by atoms with Crippen molar-refractivity contribution in [1.29, 1.82) is 0 Å². The van der Waals surface area contributed by atoms with Gasteiger partial charge in [-0.1, -0.05) is 46.3 Å². The molecule has 3 rings (SSSR count). The molecule has 0 spiro atoms. The molecule has 0 aliphatic carbocycles. The number of nitrogens with one attached hydrogen (secondary N) is 1. The Labute approximate surface area is 131 Å². The minimum absolute atomic E-state index is 0.0439. The highest BCUT2D eigenvalue weighted by atomic mass is 79.9. The largest absolute Gasteiger partial charge is 0.352 e. The van der Waals surface area contributed by atoms with Gasteiger partial charge in [-0.25, -0.2) is 4.39 Å². The zero-order valence-electron chi connectivity index (χ0n) is 11.4. The lowest BCUT2D eigenvalue weighted by Crippen LogP contribution is -2.22. The van der Waals surface area contributed by atoms with Crippen LogP contribution in [0.3, 0.4) is 0 Å². The Morgan fingerprint density at radius 2 is 2.00 bits per heavy atom. The van der Waals surface area contributed by atoms with E-state index in [2.05, 4.69) is 21.2 Å². The molecule has 21 heavy (non-hydrogen) atoms. The third-order valence-electron chi connectivity index (χ3n) is 3.76.